The molecule has 2 rings (SSSR count). The minimum atomic E-state index is 0.273. The van der Waals surface area contributed by atoms with Crippen LogP contribution < -0.4 is 4.74 Å². The Balaban J connectivity index is 1.99. The van der Waals surface area contributed by atoms with Gasteiger partial charge in [0.1, 0.15) is 11.5 Å². The second-order valence-corrected chi connectivity index (χ2v) is 4.96. The minimum Gasteiger partial charge on any atom is -0.496 e. The van der Waals surface area contributed by atoms with Crippen molar-refractivity contribution in [3.8, 4) is 5.75 Å². The first-order valence-corrected chi connectivity index (χ1v) is 6.42. The van der Waals surface area contributed by atoms with Gasteiger partial charge in [0, 0.05) is 31.6 Å². The lowest BCUT2D eigenvalue weighted by Crippen LogP contribution is -2.11. The average Bonchev–Trinajstić information content (AvgIpc) is 2.82. The number of carbonyl (C=O) groups excluding carboxylic acids is 1. The van der Waals surface area contributed by atoms with Gasteiger partial charge in [0.15, 0.2) is 0 Å². The number of benzene rings is 1. The number of methoxy groups -OCH3 is 1. The Labute approximate surface area is 108 Å². The smallest absolute Gasteiger partial charge is 0.137 e. The number of aryl methyl sites for hydroxylation is 1. The molecular formula is C15H20O3. The van der Waals surface area contributed by atoms with Crippen molar-refractivity contribution in [2.45, 2.75) is 26.2 Å². The van der Waals surface area contributed by atoms with Gasteiger partial charge in [-0.1, -0.05) is 17.7 Å². The van der Waals surface area contributed by atoms with Gasteiger partial charge in [-0.3, -0.25) is 4.79 Å². The maximum atomic E-state index is 12.0. The molecule has 0 bridgehead atoms. The first-order chi connectivity index (χ1) is 8.69. The first-order valence-electron chi connectivity index (χ1n) is 6.42. The predicted molar refractivity (Wildman–Crippen MR) is 70.0 cm³/mol. The largest absolute Gasteiger partial charge is 0.496 e. The van der Waals surface area contributed by atoms with Gasteiger partial charge < -0.3 is 9.47 Å². The lowest BCUT2D eigenvalue weighted by atomic mass is 9.97. The van der Waals surface area contributed by atoms with Crippen LogP contribution in [0.2, 0.25) is 0 Å². The number of ketones is 1. The molecule has 18 heavy (non-hydrogen) atoms. The van der Waals surface area contributed by atoms with Gasteiger partial charge in [-0.15, -0.1) is 0 Å². The molecule has 1 fully saturated rings. The second-order valence-electron chi connectivity index (χ2n) is 4.96. The summed E-state index contributed by atoms with van der Waals surface area (Å²) in [7, 11) is 1.64. The van der Waals surface area contributed by atoms with E-state index in [0.29, 0.717) is 18.8 Å². The fourth-order valence-electron chi connectivity index (χ4n) is 2.40. The van der Waals surface area contributed by atoms with Crippen molar-refractivity contribution in [3.63, 3.8) is 0 Å². The summed E-state index contributed by atoms with van der Waals surface area (Å²) in [5, 5.41) is 0. The second kappa shape index (κ2) is 6.01. The van der Waals surface area contributed by atoms with Gasteiger partial charge in [0.05, 0.1) is 7.11 Å². The first kappa shape index (κ1) is 13.1. The number of carbonyl (C=O) groups is 1. The van der Waals surface area contributed by atoms with Crippen molar-refractivity contribution in [2.75, 3.05) is 20.3 Å². The standard InChI is InChI=1S/C15H20O3/c1-11-3-4-15(17-2)13(7-11)9-14(16)8-12-5-6-18-10-12/h3-4,7,12H,5-6,8-10H2,1-2H3. The molecular weight excluding hydrogens is 228 g/mol. The third-order valence-corrected chi connectivity index (χ3v) is 3.36. The number of hydrogen-bond acceptors (Lipinski definition) is 3. The maximum Gasteiger partial charge on any atom is 0.137 e. The molecule has 1 aliphatic rings. The molecule has 0 spiro atoms. The van der Waals surface area contributed by atoms with Gasteiger partial charge >= 0.3 is 0 Å². The molecule has 3 nitrogen and oxygen atoms in total. The Morgan fingerprint density at radius 3 is 3.00 bits per heavy atom. The Hall–Kier alpha value is -1.35. The molecule has 1 saturated heterocycles. The lowest BCUT2D eigenvalue weighted by Gasteiger charge is -2.10. The number of Topliss-reactive ketones (excluding diaryl/α,β-unsaturated/α-hetero) is 1. The van der Waals surface area contributed by atoms with Crippen molar-refractivity contribution >= 4 is 5.78 Å². The molecule has 98 valence electrons. The molecule has 1 aromatic carbocycles. The normalized spacial score (nSPS) is 18.9. The van der Waals surface area contributed by atoms with Gasteiger partial charge in [-0.25, -0.2) is 0 Å². The molecule has 1 heterocycles. The summed E-state index contributed by atoms with van der Waals surface area (Å²) in [6, 6.07) is 5.95. The van der Waals surface area contributed by atoms with E-state index in [-0.39, 0.29) is 5.78 Å². The number of hydrogen-bond donors (Lipinski definition) is 0. The van der Waals surface area contributed by atoms with Crippen LogP contribution in [0, 0.1) is 12.8 Å². The summed E-state index contributed by atoms with van der Waals surface area (Å²) in [6.07, 6.45) is 2.09. The SMILES string of the molecule is COc1ccc(C)cc1CC(=O)CC1CCOC1. The van der Waals surface area contributed by atoms with E-state index in [9.17, 15) is 4.79 Å². The zero-order valence-corrected chi connectivity index (χ0v) is 11.1. The van der Waals surface area contributed by atoms with Crippen LogP contribution in [-0.4, -0.2) is 26.1 Å². The molecule has 3 heteroatoms. The highest BCUT2D eigenvalue weighted by molar-refractivity contribution is 5.81. The van der Waals surface area contributed by atoms with Crippen molar-refractivity contribution in [1.82, 2.24) is 0 Å². The van der Waals surface area contributed by atoms with E-state index in [4.69, 9.17) is 9.47 Å². The summed E-state index contributed by atoms with van der Waals surface area (Å²) in [5.41, 5.74) is 2.14. The summed E-state index contributed by atoms with van der Waals surface area (Å²) in [5.74, 6) is 1.49. The van der Waals surface area contributed by atoms with E-state index >= 15 is 0 Å². The monoisotopic (exact) mass is 248 g/mol. The van der Waals surface area contributed by atoms with Crippen LogP contribution in [0.5, 0.6) is 5.75 Å². The van der Waals surface area contributed by atoms with E-state index in [1.807, 2.05) is 25.1 Å². The molecule has 1 aromatic rings. The molecule has 1 atom stereocenters. The van der Waals surface area contributed by atoms with Crippen LogP contribution in [0.1, 0.15) is 24.0 Å². The Morgan fingerprint density at radius 1 is 1.50 bits per heavy atom. The van der Waals surface area contributed by atoms with Crippen LogP contribution in [0.25, 0.3) is 0 Å². The highest BCUT2D eigenvalue weighted by Gasteiger charge is 2.19. The Kier molecular flexibility index (Phi) is 4.37. The zero-order chi connectivity index (χ0) is 13.0. The highest BCUT2D eigenvalue weighted by atomic mass is 16.5. The summed E-state index contributed by atoms with van der Waals surface area (Å²) >= 11 is 0. The molecule has 0 aromatic heterocycles. The zero-order valence-electron chi connectivity index (χ0n) is 11.1. The summed E-state index contributed by atoms with van der Waals surface area (Å²) in [4.78, 5) is 12.0. The average molecular weight is 248 g/mol. The van der Waals surface area contributed by atoms with Gasteiger partial charge in [-0.2, -0.15) is 0 Å². The maximum absolute atomic E-state index is 12.0. The van der Waals surface area contributed by atoms with Crippen molar-refractivity contribution in [1.29, 1.82) is 0 Å². The molecule has 0 N–H and O–H groups in total. The van der Waals surface area contributed by atoms with E-state index in [1.54, 1.807) is 7.11 Å². The molecule has 0 saturated carbocycles. The fraction of sp³-hybridized carbons (Fsp3) is 0.533. The predicted octanol–water partition coefficient (Wildman–Crippen LogP) is 2.54. The van der Waals surface area contributed by atoms with Crippen LogP contribution >= 0.6 is 0 Å². The van der Waals surface area contributed by atoms with Gasteiger partial charge in [0.2, 0.25) is 0 Å². The number of rotatable bonds is 5. The van der Waals surface area contributed by atoms with Gasteiger partial charge in [0.25, 0.3) is 0 Å². The topological polar surface area (TPSA) is 35.5 Å². The quantitative estimate of drug-likeness (QED) is 0.803. The summed E-state index contributed by atoms with van der Waals surface area (Å²) < 4.78 is 10.6. The van der Waals surface area contributed by atoms with Crippen molar-refractivity contribution < 1.29 is 14.3 Å². The van der Waals surface area contributed by atoms with E-state index in [0.717, 1.165) is 36.5 Å². The third kappa shape index (κ3) is 3.33. The fourth-order valence-corrected chi connectivity index (χ4v) is 2.40. The summed E-state index contributed by atoms with van der Waals surface area (Å²) in [6.45, 7) is 3.56. The third-order valence-electron chi connectivity index (χ3n) is 3.36. The Bertz CT molecular complexity index is 420. The number of ether oxygens (including phenoxy) is 2. The van der Waals surface area contributed by atoms with Crippen LogP contribution in [0.3, 0.4) is 0 Å². The molecule has 0 amide bonds. The molecule has 1 unspecified atom stereocenters. The highest BCUT2D eigenvalue weighted by Crippen LogP contribution is 2.23. The van der Waals surface area contributed by atoms with Crippen molar-refractivity contribution in [3.05, 3.63) is 29.3 Å². The molecule has 0 radical (unpaired) electrons. The minimum absolute atomic E-state index is 0.273. The van der Waals surface area contributed by atoms with Crippen LogP contribution in [0.15, 0.2) is 18.2 Å². The van der Waals surface area contributed by atoms with E-state index < -0.39 is 0 Å². The van der Waals surface area contributed by atoms with E-state index in [1.165, 1.54) is 0 Å². The molecule has 0 aliphatic carbocycles. The van der Waals surface area contributed by atoms with Crippen LogP contribution in [-0.2, 0) is 16.0 Å². The van der Waals surface area contributed by atoms with E-state index in [2.05, 4.69) is 0 Å². The Morgan fingerprint density at radius 2 is 2.33 bits per heavy atom. The van der Waals surface area contributed by atoms with Crippen molar-refractivity contribution in [2.24, 2.45) is 5.92 Å². The van der Waals surface area contributed by atoms with Gasteiger partial charge in [-0.05, 0) is 25.3 Å². The van der Waals surface area contributed by atoms with Crippen LogP contribution in [0.4, 0.5) is 0 Å². The molecule has 1 aliphatic heterocycles. The lowest BCUT2D eigenvalue weighted by molar-refractivity contribution is -0.119.